The van der Waals surface area contributed by atoms with E-state index >= 15 is 0 Å². The van der Waals surface area contributed by atoms with E-state index in [1.165, 1.54) is 0 Å². The highest BCUT2D eigenvalue weighted by Crippen LogP contribution is 2.16. The Morgan fingerprint density at radius 3 is 2.93 bits per heavy atom. The first kappa shape index (κ1) is 10.2. The van der Waals surface area contributed by atoms with Crippen LogP contribution in [-0.2, 0) is 6.54 Å². The number of aromatic nitrogens is 1. The number of pyridine rings is 1. The summed E-state index contributed by atoms with van der Waals surface area (Å²) in [7, 11) is 0. The second-order valence-corrected chi connectivity index (χ2v) is 3.98. The van der Waals surface area contributed by atoms with Crippen molar-refractivity contribution in [3.05, 3.63) is 46.6 Å². The van der Waals surface area contributed by atoms with E-state index < -0.39 is 0 Å². The van der Waals surface area contributed by atoms with Crippen molar-refractivity contribution >= 4 is 21.6 Å². The summed E-state index contributed by atoms with van der Waals surface area (Å²) in [6.45, 7) is 2.64. The summed E-state index contributed by atoms with van der Waals surface area (Å²) in [6.07, 6.45) is 1.78. The van der Waals surface area contributed by atoms with Crippen molar-refractivity contribution in [3.63, 3.8) is 0 Å². The molecule has 1 N–H and O–H groups in total. The first-order chi connectivity index (χ1) is 7.25. The quantitative estimate of drug-likeness (QED) is 0.926. The summed E-state index contributed by atoms with van der Waals surface area (Å²) >= 11 is 3.27. The third-order valence-corrected chi connectivity index (χ3v) is 2.52. The van der Waals surface area contributed by atoms with Crippen LogP contribution in [-0.4, -0.2) is 4.98 Å². The van der Waals surface area contributed by atoms with Gasteiger partial charge in [0.1, 0.15) is 5.76 Å². The minimum atomic E-state index is 0.665. The first-order valence-electron chi connectivity index (χ1n) is 4.65. The van der Waals surface area contributed by atoms with E-state index in [9.17, 15) is 0 Å². The number of nitrogens with zero attached hydrogens (tertiary/aromatic N) is 1. The van der Waals surface area contributed by atoms with Gasteiger partial charge in [0.25, 0.3) is 0 Å². The Balaban J connectivity index is 2.02. The minimum absolute atomic E-state index is 0.665. The fourth-order valence-corrected chi connectivity index (χ4v) is 1.64. The highest BCUT2D eigenvalue weighted by Gasteiger charge is 2.01. The van der Waals surface area contributed by atoms with E-state index in [1.54, 1.807) is 6.20 Å². The van der Waals surface area contributed by atoms with Crippen LogP contribution >= 0.6 is 15.9 Å². The van der Waals surface area contributed by atoms with Crippen LogP contribution in [0, 0.1) is 6.92 Å². The van der Waals surface area contributed by atoms with Gasteiger partial charge in [0.15, 0.2) is 4.67 Å². The molecule has 2 rings (SSSR count). The Kier molecular flexibility index (Phi) is 3.06. The second kappa shape index (κ2) is 4.49. The molecule has 0 unspecified atom stereocenters. The van der Waals surface area contributed by atoms with Crippen LogP contribution in [0.3, 0.4) is 0 Å². The third kappa shape index (κ3) is 2.59. The average Bonchev–Trinajstić information content (AvgIpc) is 2.63. The van der Waals surface area contributed by atoms with Crippen LogP contribution in [0.1, 0.15) is 11.5 Å². The van der Waals surface area contributed by atoms with Crippen molar-refractivity contribution in [2.24, 2.45) is 0 Å². The average molecular weight is 267 g/mol. The monoisotopic (exact) mass is 266 g/mol. The lowest BCUT2D eigenvalue weighted by molar-refractivity contribution is 0.495. The molecule has 15 heavy (non-hydrogen) atoms. The zero-order chi connectivity index (χ0) is 10.7. The SMILES string of the molecule is Cc1ncccc1NCc1ccc(Br)o1. The van der Waals surface area contributed by atoms with Crippen LogP contribution in [0.4, 0.5) is 5.69 Å². The van der Waals surface area contributed by atoms with Crippen molar-refractivity contribution in [2.45, 2.75) is 13.5 Å². The zero-order valence-corrected chi connectivity index (χ0v) is 9.91. The number of anilines is 1. The Labute approximate surface area is 96.6 Å². The van der Waals surface area contributed by atoms with Crippen LogP contribution < -0.4 is 5.32 Å². The van der Waals surface area contributed by atoms with Gasteiger partial charge in [0, 0.05) is 6.20 Å². The minimum Gasteiger partial charge on any atom is -0.452 e. The molecule has 0 fully saturated rings. The molecule has 2 heterocycles. The van der Waals surface area contributed by atoms with Gasteiger partial charge in [-0.3, -0.25) is 4.98 Å². The van der Waals surface area contributed by atoms with Gasteiger partial charge in [-0.1, -0.05) is 0 Å². The summed E-state index contributed by atoms with van der Waals surface area (Å²) in [6, 6.07) is 7.73. The number of hydrogen-bond donors (Lipinski definition) is 1. The molecular formula is C11H11BrN2O. The third-order valence-electron chi connectivity index (χ3n) is 2.09. The molecule has 3 nitrogen and oxygen atoms in total. The van der Waals surface area contributed by atoms with E-state index in [1.807, 2.05) is 31.2 Å². The van der Waals surface area contributed by atoms with Crippen LogP contribution in [0.15, 0.2) is 39.5 Å². The lowest BCUT2D eigenvalue weighted by Crippen LogP contribution is -2.00. The summed E-state index contributed by atoms with van der Waals surface area (Å²) in [5.41, 5.74) is 2.02. The molecule has 0 aliphatic rings. The standard InChI is InChI=1S/C11H11BrN2O/c1-8-10(3-2-6-13-8)14-7-9-4-5-11(12)15-9/h2-6,14H,7H2,1H3. The predicted octanol–water partition coefficient (Wildman–Crippen LogP) is 3.36. The molecule has 0 aromatic carbocycles. The van der Waals surface area contributed by atoms with Gasteiger partial charge in [-0.05, 0) is 47.1 Å². The topological polar surface area (TPSA) is 38.1 Å². The summed E-state index contributed by atoms with van der Waals surface area (Å²) in [4.78, 5) is 4.19. The molecule has 78 valence electrons. The molecule has 0 amide bonds. The fraction of sp³-hybridized carbons (Fsp3) is 0.182. The van der Waals surface area contributed by atoms with Gasteiger partial charge < -0.3 is 9.73 Å². The maximum absolute atomic E-state index is 5.38. The number of furan rings is 1. The van der Waals surface area contributed by atoms with Crippen LogP contribution in [0.2, 0.25) is 0 Å². The van der Waals surface area contributed by atoms with Crippen LogP contribution in [0.25, 0.3) is 0 Å². The zero-order valence-electron chi connectivity index (χ0n) is 8.33. The summed E-state index contributed by atoms with van der Waals surface area (Å²) in [5.74, 6) is 0.894. The van der Waals surface area contributed by atoms with Crippen molar-refractivity contribution in [2.75, 3.05) is 5.32 Å². The maximum atomic E-state index is 5.38. The molecule has 0 saturated heterocycles. The van der Waals surface area contributed by atoms with Crippen molar-refractivity contribution in [3.8, 4) is 0 Å². The Morgan fingerprint density at radius 1 is 1.40 bits per heavy atom. The number of aryl methyl sites for hydroxylation is 1. The maximum Gasteiger partial charge on any atom is 0.169 e. The van der Waals surface area contributed by atoms with E-state index in [0.717, 1.165) is 21.8 Å². The Hall–Kier alpha value is -1.29. The molecule has 4 heteroatoms. The Bertz CT molecular complexity index is 453. The first-order valence-corrected chi connectivity index (χ1v) is 5.45. The molecule has 2 aromatic heterocycles. The number of hydrogen-bond acceptors (Lipinski definition) is 3. The Morgan fingerprint density at radius 2 is 2.27 bits per heavy atom. The molecule has 0 atom stereocenters. The van der Waals surface area contributed by atoms with E-state index in [4.69, 9.17) is 4.42 Å². The van der Waals surface area contributed by atoms with E-state index in [0.29, 0.717) is 6.54 Å². The molecule has 0 bridgehead atoms. The molecule has 0 saturated carbocycles. The van der Waals surface area contributed by atoms with Crippen LogP contribution in [0.5, 0.6) is 0 Å². The molecule has 0 spiro atoms. The van der Waals surface area contributed by atoms with Gasteiger partial charge in [-0.25, -0.2) is 0 Å². The van der Waals surface area contributed by atoms with Gasteiger partial charge in [0.05, 0.1) is 17.9 Å². The fourth-order valence-electron chi connectivity index (χ4n) is 1.30. The van der Waals surface area contributed by atoms with Crippen molar-refractivity contribution < 1.29 is 4.42 Å². The normalized spacial score (nSPS) is 10.3. The van der Waals surface area contributed by atoms with Gasteiger partial charge in [-0.15, -0.1) is 0 Å². The number of halogens is 1. The number of rotatable bonds is 3. The number of nitrogens with one attached hydrogen (secondary N) is 1. The molecule has 0 aliphatic carbocycles. The lowest BCUT2D eigenvalue weighted by atomic mass is 10.3. The molecule has 0 aliphatic heterocycles. The largest absolute Gasteiger partial charge is 0.452 e. The second-order valence-electron chi connectivity index (χ2n) is 3.20. The van der Waals surface area contributed by atoms with E-state index in [2.05, 4.69) is 26.2 Å². The highest BCUT2D eigenvalue weighted by molar-refractivity contribution is 9.10. The predicted molar refractivity (Wildman–Crippen MR) is 62.7 cm³/mol. The smallest absolute Gasteiger partial charge is 0.169 e. The summed E-state index contributed by atoms with van der Waals surface area (Å²) < 4.78 is 6.13. The van der Waals surface area contributed by atoms with Gasteiger partial charge in [0.2, 0.25) is 0 Å². The van der Waals surface area contributed by atoms with Gasteiger partial charge >= 0.3 is 0 Å². The summed E-state index contributed by atoms with van der Waals surface area (Å²) in [5, 5.41) is 3.27. The molecule has 0 radical (unpaired) electrons. The lowest BCUT2D eigenvalue weighted by Gasteiger charge is -2.06. The molecule has 2 aromatic rings. The molecular weight excluding hydrogens is 256 g/mol. The highest BCUT2D eigenvalue weighted by atomic mass is 79.9. The van der Waals surface area contributed by atoms with E-state index in [-0.39, 0.29) is 0 Å². The van der Waals surface area contributed by atoms with Crippen molar-refractivity contribution in [1.29, 1.82) is 0 Å². The van der Waals surface area contributed by atoms with Crippen molar-refractivity contribution in [1.82, 2.24) is 4.98 Å². The van der Waals surface area contributed by atoms with Gasteiger partial charge in [-0.2, -0.15) is 0 Å².